The van der Waals surface area contributed by atoms with Gasteiger partial charge in [0, 0.05) is 17.3 Å². The van der Waals surface area contributed by atoms with Crippen molar-refractivity contribution in [3.63, 3.8) is 0 Å². The molecule has 2 heterocycles. The van der Waals surface area contributed by atoms with Crippen molar-refractivity contribution < 1.29 is 8.42 Å². The summed E-state index contributed by atoms with van der Waals surface area (Å²) in [7, 11) is -4.22. The molecule has 0 bridgehead atoms. The van der Waals surface area contributed by atoms with Crippen LogP contribution in [-0.2, 0) is 10.0 Å². The van der Waals surface area contributed by atoms with Crippen molar-refractivity contribution in [3.05, 3.63) is 62.4 Å². The molecular weight excluding hydrogens is 346 g/mol. The second-order valence-electron chi connectivity index (χ2n) is 5.45. The molecule has 0 saturated carbocycles. The van der Waals surface area contributed by atoms with Gasteiger partial charge in [-0.3, -0.25) is 19.6 Å². The summed E-state index contributed by atoms with van der Waals surface area (Å²) in [5.74, 6) is 0.0308. The highest BCUT2D eigenvalue weighted by Crippen LogP contribution is 2.24. The molecule has 10 heteroatoms. The van der Waals surface area contributed by atoms with Crippen LogP contribution in [0, 0.1) is 13.8 Å². The molecule has 0 aliphatic rings. The van der Waals surface area contributed by atoms with Gasteiger partial charge in [0.15, 0.2) is 10.7 Å². The second-order valence-corrected chi connectivity index (χ2v) is 7.07. The zero-order chi connectivity index (χ0) is 18.2. The lowest BCUT2D eigenvalue weighted by atomic mass is 10.1. The highest BCUT2D eigenvalue weighted by molar-refractivity contribution is 7.92. The first-order valence-electron chi connectivity index (χ1n) is 7.25. The van der Waals surface area contributed by atoms with Crippen molar-refractivity contribution in [2.75, 3.05) is 4.72 Å². The van der Waals surface area contributed by atoms with Crippen molar-refractivity contribution in [1.82, 2.24) is 20.2 Å². The average Bonchev–Trinajstić information content (AvgIpc) is 2.93. The summed E-state index contributed by atoms with van der Waals surface area (Å²) in [4.78, 5) is 26.6. The van der Waals surface area contributed by atoms with E-state index in [9.17, 15) is 18.0 Å². The number of nitrogens with zero attached hydrogens (tertiary/aromatic N) is 1. The zero-order valence-corrected chi connectivity index (χ0v) is 14.2. The van der Waals surface area contributed by atoms with Gasteiger partial charge >= 0.3 is 5.69 Å². The summed E-state index contributed by atoms with van der Waals surface area (Å²) in [6, 6.07) is 9.07. The molecule has 0 atom stereocenters. The first-order valence-corrected chi connectivity index (χ1v) is 8.73. The summed E-state index contributed by atoms with van der Waals surface area (Å²) in [5, 5.41) is 6.68. The van der Waals surface area contributed by atoms with E-state index in [0.717, 1.165) is 11.1 Å². The SMILES string of the molecule is Cc1ccccc1-c1cc(NS(=O)(=O)c2c(C)[nH]c(=O)[nH]c2=O)n[nH]1. The maximum absolute atomic E-state index is 12.5. The van der Waals surface area contributed by atoms with Crippen LogP contribution < -0.4 is 16.0 Å². The van der Waals surface area contributed by atoms with Crippen LogP contribution in [0.25, 0.3) is 11.3 Å². The summed E-state index contributed by atoms with van der Waals surface area (Å²) in [6.45, 7) is 3.25. The summed E-state index contributed by atoms with van der Waals surface area (Å²) in [5.41, 5.74) is 0.664. The molecular formula is C15H15N5O4S. The number of aromatic nitrogens is 4. The lowest BCUT2D eigenvalue weighted by molar-refractivity contribution is 0.597. The van der Waals surface area contributed by atoms with Crippen LogP contribution in [0.3, 0.4) is 0 Å². The quantitative estimate of drug-likeness (QED) is 0.546. The number of aryl methyl sites for hydroxylation is 2. The lowest BCUT2D eigenvalue weighted by Gasteiger charge is -2.06. The number of rotatable bonds is 4. The summed E-state index contributed by atoms with van der Waals surface area (Å²) in [6.07, 6.45) is 0. The van der Waals surface area contributed by atoms with Crippen LogP contribution in [0.15, 0.2) is 44.8 Å². The van der Waals surface area contributed by atoms with Gasteiger partial charge in [-0.1, -0.05) is 24.3 Å². The van der Waals surface area contributed by atoms with E-state index >= 15 is 0 Å². The van der Waals surface area contributed by atoms with Gasteiger partial charge in [-0.05, 0) is 19.4 Å². The molecule has 0 aliphatic carbocycles. The highest BCUT2D eigenvalue weighted by Gasteiger charge is 2.23. The Hall–Kier alpha value is -3.14. The number of hydrogen-bond donors (Lipinski definition) is 4. The van der Waals surface area contributed by atoms with E-state index in [1.54, 1.807) is 0 Å². The monoisotopic (exact) mass is 361 g/mol. The molecule has 1 aromatic carbocycles. The molecule has 25 heavy (non-hydrogen) atoms. The third kappa shape index (κ3) is 3.24. The zero-order valence-electron chi connectivity index (χ0n) is 13.4. The smallest absolute Gasteiger partial charge is 0.310 e. The number of sulfonamides is 1. The minimum Gasteiger partial charge on any atom is -0.310 e. The van der Waals surface area contributed by atoms with E-state index in [1.165, 1.54) is 13.0 Å². The van der Waals surface area contributed by atoms with E-state index in [-0.39, 0.29) is 11.5 Å². The predicted octanol–water partition coefficient (Wildman–Crippen LogP) is 0.871. The van der Waals surface area contributed by atoms with Gasteiger partial charge < -0.3 is 4.98 Å². The average molecular weight is 361 g/mol. The third-order valence-corrected chi connectivity index (χ3v) is 5.10. The van der Waals surface area contributed by atoms with Gasteiger partial charge in [-0.25, -0.2) is 13.2 Å². The number of H-pyrrole nitrogens is 3. The minimum atomic E-state index is -4.22. The Morgan fingerprint density at radius 2 is 1.80 bits per heavy atom. The maximum Gasteiger partial charge on any atom is 0.325 e. The first kappa shape index (κ1) is 16.7. The van der Waals surface area contributed by atoms with Gasteiger partial charge in [0.2, 0.25) is 0 Å². The van der Waals surface area contributed by atoms with Crippen molar-refractivity contribution in [2.45, 2.75) is 18.7 Å². The summed E-state index contributed by atoms with van der Waals surface area (Å²) < 4.78 is 27.2. The molecule has 0 amide bonds. The summed E-state index contributed by atoms with van der Waals surface area (Å²) >= 11 is 0. The molecule has 0 radical (unpaired) electrons. The van der Waals surface area contributed by atoms with Crippen LogP contribution in [0.1, 0.15) is 11.3 Å². The molecule has 2 aromatic heterocycles. The molecule has 0 unspecified atom stereocenters. The van der Waals surface area contributed by atoms with Crippen LogP contribution in [0.4, 0.5) is 5.82 Å². The lowest BCUT2D eigenvalue weighted by Crippen LogP contribution is -2.31. The van der Waals surface area contributed by atoms with Gasteiger partial charge in [-0.15, -0.1) is 0 Å². The fourth-order valence-corrected chi connectivity index (χ4v) is 3.72. The Kier molecular flexibility index (Phi) is 4.05. The molecule has 9 nitrogen and oxygen atoms in total. The molecule has 0 spiro atoms. The van der Waals surface area contributed by atoms with E-state index in [1.807, 2.05) is 36.2 Å². The largest absolute Gasteiger partial charge is 0.325 e. The number of nitrogens with one attached hydrogen (secondary N) is 4. The molecule has 130 valence electrons. The molecule has 0 aliphatic heterocycles. The van der Waals surface area contributed by atoms with E-state index in [2.05, 4.69) is 19.9 Å². The molecule has 3 rings (SSSR count). The topological polar surface area (TPSA) is 141 Å². The number of benzene rings is 1. The molecule has 0 saturated heterocycles. The van der Waals surface area contributed by atoms with E-state index in [4.69, 9.17) is 0 Å². The van der Waals surface area contributed by atoms with Crippen LogP contribution in [-0.4, -0.2) is 28.6 Å². The van der Waals surface area contributed by atoms with Crippen molar-refractivity contribution in [2.24, 2.45) is 0 Å². The predicted molar refractivity (Wildman–Crippen MR) is 92.0 cm³/mol. The Bertz CT molecular complexity index is 1160. The van der Waals surface area contributed by atoms with E-state index in [0.29, 0.717) is 5.69 Å². The van der Waals surface area contributed by atoms with Gasteiger partial charge in [0.1, 0.15) is 0 Å². The fourth-order valence-electron chi connectivity index (χ4n) is 2.49. The number of aromatic amines is 3. The van der Waals surface area contributed by atoms with Crippen LogP contribution in [0.5, 0.6) is 0 Å². The normalized spacial score (nSPS) is 11.4. The van der Waals surface area contributed by atoms with E-state index < -0.39 is 26.2 Å². The van der Waals surface area contributed by atoms with Gasteiger partial charge in [0.05, 0.1) is 5.69 Å². The molecule has 3 aromatic rings. The standard InChI is InChI=1S/C15H15N5O4S/c1-8-5-3-4-6-10(8)11-7-12(19-18-11)20-25(23,24)13-9(2)16-15(22)17-14(13)21/h3-7H,1-2H3,(H2,18,19,20)(H2,16,17,21,22). The Balaban J connectivity index is 1.97. The number of anilines is 1. The number of hydrogen-bond acceptors (Lipinski definition) is 5. The van der Waals surface area contributed by atoms with Crippen molar-refractivity contribution >= 4 is 15.8 Å². The fraction of sp³-hybridized carbons (Fsp3) is 0.133. The maximum atomic E-state index is 12.5. The second kappa shape index (κ2) is 6.06. The van der Waals surface area contributed by atoms with Gasteiger partial charge in [0.25, 0.3) is 15.6 Å². The Labute approximate surface area is 142 Å². The Morgan fingerprint density at radius 1 is 1.08 bits per heavy atom. The molecule has 4 N–H and O–H groups in total. The van der Waals surface area contributed by atoms with Crippen LogP contribution in [0.2, 0.25) is 0 Å². The minimum absolute atomic E-state index is 0.0308. The van der Waals surface area contributed by atoms with Crippen molar-refractivity contribution in [1.29, 1.82) is 0 Å². The highest BCUT2D eigenvalue weighted by atomic mass is 32.2. The molecule has 0 fully saturated rings. The van der Waals surface area contributed by atoms with Crippen molar-refractivity contribution in [3.8, 4) is 11.3 Å². The van der Waals surface area contributed by atoms with Gasteiger partial charge in [-0.2, -0.15) is 5.10 Å². The van der Waals surface area contributed by atoms with Crippen LogP contribution >= 0.6 is 0 Å². The third-order valence-electron chi connectivity index (χ3n) is 3.60. The Morgan fingerprint density at radius 3 is 2.48 bits per heavy atom. The first-order chi connectivity index (χ1) is 11.8.